The van der Waals surface area contributed by atoms with Crippen molar-refractivity contribution in [2.24, 2.45) is 0 Å². The number of ether oxygens (including phenoxy) is 1. The third kappa shape index (κ3) is 2.50. The summed E-state index contributed by atoms with van der Waals surface area (Å²) < 4.78 is 39.8. The van der Waals surface area contributed by atoms with Crippen molar-refractivity contribution >= 4 is 11.6 Å². The summed E-state index contributed by atoms with van der Waals surface area (Å²) in [5, 5.41) is -0.0821. The minimum atomic E-state index is -4.74. The Labute approximate surface area is 102 Å². The molecule has 1 aliphatic carbocycles. The zero-order valence-electron chi connectivity index (χ0n) is 8.64. The monoisotopic (exact) mass is 260 g/mol. The van der Waals surface area contributed by atoms with Gasteiger partial charge in [0.1, 0.15) is 5.75 Å². The summed E-state index contributed by atoms with van der Waals surface area (Å²) in [5.74, 6) is 2.24. The van der Waals surface area contributed by atoms with Gasteiger partial charge in [-0.25, -0.2) is 0 Å². The molecule has 90 valence electrons. The van der Waals surface area contributed by atoms with Gasteiger partial charge in [0.05, 0.1) is 10.4 Å². The molecule has 0 heterocycles. The number of hydrogen-bond donors (Lipinski definition) is 0. The number of benzene rings is 1. The highest BCUT2D eigenvalue weighted by molar-refractivity contribution is 6.32. The molecule has 1 aromatic carbocycles. The Hall–Kier alpha value is -1.34. The Morgan fingerprint density at radius 3 is 2.41 bits per heavy atom. The molecular weight excluding hydrogens is 253 g/mol. The van der Waals surface area contributed by atoms with Crippen LogP contribution in [0, 0.1) is 12.3 Å². The van der Waals surface area contributed by atoms with Gasteiger partial charge >= 0.3 is 6.36 Å². The number of alkyl halides is 3. The van der Waals surface area contributed by atoms with Crippen LogP contribution in [0.2, 0.25) is 5.02 Å². The van der Waals surface area contributed by atoms with Crippen LogP contribution in [0.5, 0.6) is 5.75 Å². The lowest BCUT2D eigenvalue weighted by Gasteiger charge is -2.13. The van der Waals surface area contributed by atoms with E-state index in [4.69, 9.17) is 18.0 Å². The molecule has 2 rings (SSSR count). The standard InChI is InChI=1S/C12H8ClF3O/c1-2-11(5-6-11)8-3-4-10(9(13)7-8)17-12(14,15)16/h1,3-4,7H,5-6H2. The van der Waals surface area contributed by atoms with E-state index in [2.05, 4.69) is 10.7 Å². The van der Waals surface area contributed by atoms with Crippen molar-refractivity contribution in [1.29, 1.82) is 0 Å². The summed E-state index contributed by atoms with van der Waals surface area (Å²) in [5.41, 5.74) is 0.417. The van der Waals surface area contributed by atoms with Crippen LogP contribution in [0.4, 0.5) is 13.2 Å². The van der Waals surface area contributed by atoms with E-state index in [0.717, 1.165) is 18.4 Å². The second kappa shape index (κ2) is 3.85. The maximum atomic E-state index is 12.0. The van der Waals surface area contributed by atoms with Gasteiger partial charge < -0.3 is 4.74 Å². The van der Waals surface area contributed by atoms with E-state index in [-0.39, 0.29) is 10.4 Å². The second-order valence-corrected chi connectivity index (χ2v) is 4.33. The smallest absolute Gasteiger partial charge is 0.404 e. The first-order valence-electron chi connectivity index (χ1n) is 4.90. The van der Waals surface area contributed by atoms with Gasteiger partial charge in [-0.1, -0.05) is 23.6 Å². The highest BCUT2D eigenvalue weighted by Crippen LogP contribution is 2.48. The Bertz CT molecular complexity index is 484. The maximum absolute atomic E-state index is 12.0. The van der Waals surface area contributed by atoms with Crippen LogP contribution in [-0.4, -0.2) is 6.36 Å². The third-order valence-electron chi connectivity index (χ3n) is 2.74. The van der Waals surface area contributed by atoms with Gasteiger partial charge in [0, 0.05) is 0 Å². The summed E-state index contributed by atoms with van der Waals surface area (Å²) in [7, 11) is 0. The molecule has 0 N–H and O–H groups in total. The Balaban J connectivity index is 2.27. The maximum Gasteiger partial charge on any atom is 0.573 e. The van der Waals surface area contributed by atoms with E-state index in [1.807, 2.05) is 0 Å². The highest BCUT2D eigenvalue weighted by atomic mass is 35.5. The average Bonchev–Trinajstić information content (AvgIpc) is 3.00. The van der Waals surface area contributed by atoms with Crippen LogP contribution in [0.25, 0.3) is 0 Å². The molecule has 0 saturated heterocycles. The van der Waals surface area contributed by atoms with E-state index in [1.165, 1.54) is 18.2 Å². The van der Waals surface area contributed by atoms with E-state index < -0.39 is 12.1 Å². The fourth-order valence-corrected chi connectivity index (χ4v) is 1.87. The molecule has 0 atom stereocenters. The van der Waals surface area contributed by atoms with Crippen LogP contribution >= 0.6 is 11.6 Å². The summed E-state index contributed by atoms with van der Waals surface area (Å²) >= 11 is 5.73. The van der Waals surface area contributed by atoms with Gasteiger partial charge in [-0.15, -0.1) is 19.6 Å². The van der Waals surface area contributed by atoms with Crippen molar-refractivity contribution in [2.45, 2.75) is 24.6 Å². The molecule has 0 unspecified atom stereocenters. The fraction of sp³-hybridized carbons (Fsp3) is 0.333. The van der Waals surface area contributed by atoms with Crippen molar-refractivity contribution in [3.63, 3.8) is 0 Å². The first kappa shape index (κ1) is 12.1. The molecule has 0 amide bonds. The quantitative estimate of drug-likeness (QED) is 0.733. The molecule has 0 bridgehead atoms. The van der Waals surface area contributed by atoms with Crippen molar-refractivity contribution in [2.75, 3.05) is 0 Å². The van der Waals surface area contributed by atoms with Crippen LogP contribution in [-0.2, 0) is 5.41 Å². The van der Waals surface area contributed by atoms with E-state index in [0.29, 0.717) is 0 Å². The van der Waals surface area contributed by atoms with Crippen LogP contribution in [0.3, 0.4) is 0 Å². The average molecular weight is 261 g/mol. The topological polar surface area (TPSA) is 9.23 Å². The van der Waals surface area contributed by atoms with Crippen molar-refractivity contribution in [1.82, 2.24) is 0 Å². The summed E-state index contributed by atoms with van der Waals surface area (Å²) in [4.78, 5) is 0. The summed E-state index contributed by atoms with van der Waals surface area (Å²) in [6.07, 6.45) is 2.31. The molecule has 1 aromatic rings. The SMILES string of the molecule is C#CC1(c2ccc(OC(F)(F)F)c(Cl)c2)CC1. The minimum absolute atomic E-state index is 0.0821. The molecule has 5 heteroatoms. The van der Waals surface area contributed by atoms with Gasteiger partial charge in [0.25, 0.3) is 0 Å². The molecule has 17 heavy (non-hydrogen) atoms. The summed E-state index contributed by atoms with van der Waals surface area (Å²) in [6, 6.07) is 4.16. The normalized spacial score (nSPS) is 17.4. The van der Waals surface area contributed by atoms with Crippen molar-refractivity contribution in [3.8, 4) is 18.1 Å². The first-order chi connectivity index (χ1) is 7.86. The van der Waals surface area contributed by atoms with Crippen molar-refractivity contribution in [3.05, 3.63) is 28.8 Å². The molecule has 0 radical (unpaired) electrons. The first-order valence-corrected chi connectivity index (χ1v) is 5.28. The molecule has 1 saturated carbocycles. The predicted molar refractivity (Wildman–Crippen MR) is 57.9 cm³/mol. The van der Waals surface area contributed by atoms with Gasteiger partial charge in [-0.05, 0) is 30.5 Å². The number of hydrogen-bond acceptors (Lipinski definition) is 1. The number of rotatable bonds is 2. The Kier molecular flexibility index (Phi) is 2.75. The Morgan fingerprint density at radius 2 is 2.00 bits per heavy atom. The number of terminal acetylenes is 1. The number of halogens is 4. The fourth-order valence-electron chi connectivity index (χ4n) is 1.65. The lowest BCUT2D eigenvalue weighted by molar-refractivity contribution is -0.274. The molecule has 1 fully saturated rings. The second-order valence-electron chi connectivity index (χ2n) is 3.92. The van der Waals surface area contributed by atoms with Crippen LogP contribution in [0.15, 0.2) is 18.2 Å². The largest absolute Gasteiger partial charge is 0.573 e. The van der Waals surface area contributed by atoms with Crippen molar-refractivity contribution < 1.29 is 17.9 Å². The molecule has 1 aliphatic rings. The highest BCUT2D eigenvalue weighted by Gasteiger charge is 2.43. The molecular formula is C12H8ClF3O. The zero-order valence-corrected chi connectivity index (χ0v) is 9.40. The van der Waals surface area contributed by atoms with Gasteiger partial charge in [0.2, 0.25) is 0 Å². The molecule has 0 aromatic heterocycles. The predicted octanol–water partition coefficient (Wildman–Crippen LogP) is 3.90. The Morgan fingerprint density at radius 1 is 1.35 bits per heavy atom. The van der Waals surface area contributed by atoms with Crippen LogP contribution < -0.4 is 4.74 Å². The molecule has 0 spiro atoms. The lowest BCUT2D eigenvalue weighted by atomic mass is 9.97. The van der Waals surface area contributed by atoms with Gasteiger partial charge in [0.15, 0.2) is 0 Å². The third-order valence-corrected chi connectivity index (χ3v) is 3.03. The molecule has 0 aliphatic heterocycles. The van der Waals surface area contributed by atoms with Gasteiger partial charge in [-0.3, -0.25) is 0 Å². The van der Waals surface area contributed by atoms with E-state index >= 15 is 0 Å². The van der Waals surface area contributed by atoms with Crippen LogP contribution in [0.1, 0.15) is 18.4 Å². The van der Waals surface area contributed by atoms with E-state index in [1.54, 1.807) is 0 Å². The van der Waals surface area contributed by atoms with E-state index in [9.17, 15) is 13.2 Å². The summed E-state index contributed by atoms with van der Waals surface area (Å²) in [6.45, 7) is 0. The van der Waals surface area contributed by atoms with Gasteiger partial charge in [-0.2, -0.15) is 0 Å². The minimum Gasteiger partial charge on any atom is -0.404 e. The molecule has 1 nitrogen and oxygen atoms in total. The lowest BCUT2D eigenvalue weighted by Crippen LogP contribution is -2.17. The zero-order chi connectivity index (χ0) is 12.7.